The van der Waals surface area contributed by atoms with Crippen molar-refractivity contribution in [1.82, 2.24) is 15.1 Å². The minimum absolute atomic E-state index is 0.0961. The van der Waals surface area contributed by atoms with Gasteiger partial charge in [0.1, 0.15) is 11.8 Å². The van der Waals surface area contributed by atoms with Gasteiger partial charge in [-0.25, -0.2) is 9.59 Å². The van der Waals surface area contributed by atoms with Crippen LogP contribution >= 0.6 is 0 Å². The van der Waals surface area contributed by atoms with Crippen molar-refractivity contribution < 1.29 is 33.8 Å². The molecular formula is C28H37N3O7. The third kappa shape index (κ3) is 5.10. The predicted octanol–water partition coefficient (Wildman–Crippen LogP) is 2.30. The van der Waals surface area contributed by atoms with Gasteiger partial charge in [0, 0.05) is 32.6 Å². The summed E-state index contributed by atoms with van der Waals surface area (Å²) in [6.45, 7) is 2.81. The van der Waals surface area contributed by atoms with Crippen molar-refractivity contribution in [3.63, 3.8) is 0 Å². The van der Waals surface area contributed by atoms with Crippen LogP contribution in [0.4, 0.5) is 4.79 Å². The fourth-order valence-corrected chi connectivity index (χ4v) is 7.58. The van der Waals surface area contributed by atoms with Crippen molar-refractivity contribution in [2.24, 2.45) is 22.7 Å². The minimum Gasteiger partial charge on any atom is -0.480 e. The van der Waals surface area contributed by atoms with Crippen LogP contribution in [-0.2, 0) is 25.5 Å². The van der Waals surface area contributed by atoms with E-state index < -0.39 is 28.9 Å². The molecule has 3 atom stereocenters. The molecule has 5 aliphatic rings. The first-order valence-electron chi connectivity index (χ1n) is 13.5. The predicted molar refractivity (Wildman–Crippen MR) is 136 cm³/mol. The van der Waals surface area contributed by atoms with Gasteiger partial charge in [0.25, 0.3) is 0 Å². The van der Waals surface area contributed by atoms with E-state index in [4.69, 9.17) is 9.47 Å². The van der Waals surface area contributed by atoms with Crippen molar-refractivity contribution in [3.8, 4) is 5.75 Å². The molecule has 5 fully saturated rings. The summed E-state index contributed by atoms with van der Waals surface area (Å²) in [5, 5.41) is 12.7. The second kappa shape index (κ2) is 10.2. The Morgan fingerprint density at radius 1 is 1.00 bits per heavy atom. The lowest BCUT2D eigenvalue weighted by atomic mass is 9.44. The molecular weight excluding hydrogens is 490 g/mol. The molecule has 1 saturated heterocycles. The van der Waals surface area contributed by atoms with Crippen LogP contribution in [-0.4, -0.2) is 85.2 Å². The molecule has 6 rings (SSSR count). The van der Waals surface area contributed by atoms with Gasteiger partial charge in [-0.1, -0.05) is 12.1 Å². The average Bonchev–Trinajstić information content (AvgIpc) is 2.88. The highest BCUT2D eigenvalue weighted by Gasteiger charge is 2.63. The minimum atomic E-state index is -1.11. The molecule has 4 bridgehead atoms. The molecule has 38 heavy (non-hydrogen) atoms. The largest absolute Gasteiger partial charge is 0.480 e. The van der Waals surface area contributed by atoms with E-state index in [1.165, 1.54) is 7.11 Å². The van der Waals surface area contributed by atoms with E-state index in [2.05, 4.69) is 10.2 Å². The van der Waals surface area contributed by atoms with Crippen molar-refractivity contribution in [2.75, 3.05) is 40.3 Å². The highest BCUT2D eigenvalue weighted by atomic mass is 16.6. The fraction of sp³-hybridized carbons (Fsp3) is 0.643. The van der Waals surface area contributed by atoms with Crippen molar-refractivity contribution in [2.45, 2.75) is 51.0 Å². The summed E-state index contributed by atoms with van der Waals surface area (Å²) in [5.41, 5.74) is -0.659. The highest BCUT2D eigenvalue weighted by molar-refractivity contribution is 5.89. The number of benzene rings is 1. The quantitative estimate of drug-likeness (QED) is 0.518. The average molecular weight is 528 g/mol. The number of rotatable bonds is 7. The van der Waals surface area contributed by atoms with Gasteiger partial charge in [-0.05, 0) is 75.1 Å². The zero-order valence-electron chi connectivity index (χ0n) is 22.1. The SMILES string of the molecule is COC(=O)C12CC3CC(CC(C(=O)N[C@@H](Cc4ccc(OC(=O)N5CCN(C)CC5)cc4)C(=O)O)(C3)C1)C2. The van der Waals surface area contributed by atoms with Crippen molar-refractivity contribution >= 4 is 23.9 Å². The lowest BCUT2D eigenvalue weighted by molar-refractivity contribution is -0.182. The van der Waals surface area contributed by atoms with Crippen LogP contribution in [0.2, 0.25) is 0 Å². The zero-order chi connectivity index (χ0) is 27.1. The number of aliphatic carboxylic acids is 1. The maximum Gasteiger partial charge on any atom is 0.415 e. The first-order valence-corrected chi connectivity index (χ1v) is 13.5. The van der Waals surface area contributed by atoms with Crippen LogP contribution in [0.25, 0.3) is 0 Å². The number of carbonyl (C=O) groups excluding carboxylic acids is 3. The van der Waals surface area contributed by atoms with E-state index in [9.17, 15) is 24.3 Å². The molecule has 2 unspecified atom stereocenters. The lowest BCUT2D eigenvalue weighted by Crippen LogP contribution is -2.61. The Morgan fingerprint density at radius 2 is 1.61 bits per heavy atom. The Hall–Kier alpha value is -3.14. The molecule has 4 saturated carbocycles. The van der Waals surface area contributed by atoms with E-state index in [0.29, 0.717) is 43.7 Å². The number of nitrogens with one attached hydrogen (secondary N) is 1. The van der Waals surface area contributed by atoms with Gasteiger partial charge in [-0.15, -0.1) is 0 Å². The summed E-state index contributed by atoms with van der Waals surface area (Å²) >= 11 is 0. The van der Waals surface area contributed by atoms with Crippen LogP contribution in [0.15, 0.2) is 24.3 Å². The second-order valence-corrected chi connectivity index (χ2v) is 11.9. The van der Waals surface area contributed by atoms with Crippen LogP contribution < -0.4 is 10.1 Å². The van der Waals surface area contributed by atoms with Gasteiger partial charge in [-0.2, -0.15) is 0 Å². The number of piperazine rings is 1. The van der Waals surface area contributed by atoms with E-state index in [0.717, 1.165) is 32.4 Å². The zero-order valence-corrected chi connectivity index (χ0v) is 22.1. The van der Waals surface area contributed by atoms with Gasteiger partial charge in [0.05, 0.1) is 17.9 Å². The number of nitrogens with zero attached hydrogens (tertiary/aromatic N) is 2. The summed E-state index contributed by atoms with van der Waals surface area (Å²) in [4.78, 5) is 54.7. The molecule has 2 amide bonds. The number of hydrogen-bond acceptors (Lipinski definition) is 7. The first kappa shape index (κ1) is 26.5. The lowest BCUT2D eigenvalue weighted by Gasteiger charge is -2.59. The molecule has 2 N–H and O–H groups in total. The van der Waals surface area contributed by atoms with Gasteiger partial charge in [-0.3, -0.25) is 9.59 Å². The van der Waals surface area contributed by atoms with Gasteiger partial charge in [0.15, 0.2) is 0 Å². The molecule has 1 aliphatic heterocycles. The summed E-state index contributed by atoms with van der Waals surface area (Å²) in [6, 6.07) is 5.60. The van der Waals surface area contributed by atoms with Crippen LogP contribution in [0.3, 0.4) is 0 Å². The maximum absolute atomic E-state index is 13.6. The smallest absolute Gasteiger partial charge is 0.415 e. The standard InChI is InChI=1S/C28H37N3O7/c1-30-7-9-31(10-8-30)26(36)38-21-5-3-18(4-6-21)12-22(23(32)33)29-24(34)27-13-19-11-20(14-27)16-28(15-19,17-27)25(35)37-2/h3-6,19-20,22H,7-17H2,1-2H3,(H,29,34)(H,32,33)/t19?,20?,22-,27?,28?/m0/s1. The second-order valence-electron chi connectivity index (χ2n) is 11.9. The number of carbonyl (C=O) groups is 4. The Bertz CT molecular complexity index is 1080. The fourth-order valence-electron chi connectivity index (χ4n) is 7.58. The molecule has 10 nitrogen and oxygen atoms in total. The third-order valence-electron chi connectivity index (χ3n) is 9.09. The molecule has 0 radical (unpaired) electrons. The number of amides is 2. The van der Waals surface area contributed by atoms with Crippen molar-refractivity contribution in [3.05, 3.63) is 29.8 Å². The Kier molecular flexibility index (Phi) is 7.11. The Balaban J connectivity index is 1.22. The first-order chi connectivity index (χ1) is 18.1. The van der Waals surface area contributed by atoms with E-state index in [1.807, 2.05) is 7.05 Å². The summed E-state index contributed by atoms with van der Waals surface area (Å²) < 4.78 is 10.6. The normalized spacial score (nSPS) is 30.9. The molecule has 1 aromatic rings. The number of ether oxygens (including phenoxy) is 2. The number of likely N-dealkylation sites (N-methyl/N-ethyl adjacent to an activating group) is 1. The molecule has 0 aromatic heterocycles. The number of carboxylic acids is 1. The highest BCUT2D eigenvalue weighted by Crippen LogP contribution is 2.65. The molecule has 1 heterocycles. The maximum atomic E-state index is 13.6. The monoisotopic (exact) mass is 527 g/mol. The van der Waals surface area contributed by atoms with Crippen LogP contribution in [0, 0.1) is 22.7 Å². The van der Waals surface area contributed by atoms with E-state index >= 15 is 0 Å². The molecule has 10 heteroatoms. The third-order valence-corrected chi connectivity index (χ3v) is 9.09. The van der Waals surface area contributed by atoms with Crippen LogP contribution in [0.1, 0.15) is 44.1 Å². The van der Waals surface area contributed by atoms with Gasteiger partial charge in [0.2, 0.25) is 5.91 Å². The van der Waals surface area contributed by atoms with E-state index in [1.54, 1.807) is 29.2 Å². The van der Waals surface area contributed by atoms with Crippen molar-refractivity contribution in [1.29, 1.82) is 0 Å². The summed E-state index contributed by atoms with van der Waals surface area (Å²) in [5.74, 6) is -0.681. The molecule has 206 valence electrons. The molecule has 4 aliphatic carbocycles. The Labute approximate surface area is 222 Å². The number of esters is 1. The molecule has 0 spiro atoms. The van der Waals surface area contributed by atoms with Crippen LogP contribution in [0.5, 0.6) is 5.75 Å². The summed E-state index contributed by atoms with van der Waals surface area (Å²) in [6.07, 6.45) is 4.01. The topological polar surface area (TPSA) is 125 Å². The van der Waals surface area contributed by atoms with Gasteiger partial charge >= 0.3 is 18.0 Å². The summed E-state index contributed by atoms with van der Waals surface area (Å²) in [7, 11) is 3.41. The van der Waals surface area contributed by atoms with Gasteiger partial charge < -0.3 is 29.7 Å². The number of carboxylic acid groups (broad SMARTS) is 1. The number of methoxy groups -OCH3 is 1. The number of hydrogen-bond donors (Lipinski definition) is 2. The molecule has 1 aromatic carbocycles. The van der Waals surface area contributed by atoms with E-state index in [-0.39, 0.29) is 30.1 Å². The Morgan fingerprint density at radius 3 is 2.18 bits per heavy atom.